The summed E-state index contributed by atoms with van der Waals surface area (Å²) in [6.07, 6.45) is 2.30. The van der Waals surface area contributed by atoms with Crippen LogP contribution >= 0.6 is 0 Å². The molecule has 1 aromatic carbocycles. The Morgan fingerprint density at radius 2 is 2.24 bits per heavy atom. The molecule has 1 fully saturated rings. The number of ether oxygens (including phenoxy) is 2. The molecule has 0 atom stereocenters. The van der Waals surface area contributed by atoms with Crippen LogP contribution in [0.3, 0.4) is 0 Å². The van der Waals surface area contributed by atoms with Crippen LogP contribution < -0.4 is 10.5 Å². The molecule has 1 aliphatic carbocycles. The summed E-state index contributed by atoms with van der Waals surface area (Å²) in [4.78, 5) is 11.9. The fourth-order valence-electron chi connectivity index (χ4n) is 1.59. The fraction of sp³-hybridized carbons (Fsp3) is 0.462. The van der Waals surface area contributed by atoms with E-state index in [0.29, 0.717) is 36.1 Å². The number of hydrogen-bond donors (Lipinski definition) is 1. The predicted molar refractivity (Wildman–Crippen MR) is 65.0 cm³/mol. The Morgan fingerprint density at radius 3 is 2.88 bits per heavy atom. The molecule has 0 radical (unpaired) electrons. The molecule has 0 unspecified atom stereocenters. The van der Waals surface area contributed by atoms with Crippen molar-refractivity contribution in [3.05, 3.63) is 23.8 Å². The van der Waals surface area contributed by atoms with E-state index in [9.17, 15) is 4.79 Å². The van der Waals surface area contributed by atoms with Crippen LogP contribution in [0.1, 0.15) is 30.1 Å². The molecule has 0 saturated heterocycles. The summed E-state index contributed by atoms with van der Waals surface area (Å²) in [5, 5.41) is 0. The number of nitrogens with two attached hydrogens (primary N) is 1. The summed E-state index contributed by atoms with van der Waals surface area (Å²) in [5.41, 5.74) is 6.54. The van der Waals surface area contributed by atoms with Crippen molar-refractivity contribution in [3.63, 3.8) is 0 Å². The lowest BCUT2D eigenvalue weighted by molar-refractivity contribution is 0.0483. The van der Waals surface area contributed by atoms with Crippen molar-refractivity contribution in [1.82, 2.24) is 0 Å². The Balaban J connectivity index is 2.12. The highest BCUT2D eigenvalue weighted by Gasteiger charge is 2.25. The molecule has 1 aliphatic rings. The van der Waals surface area contributed by atoms with Gasteiger partial charge in [-0.3, -0.25) is 0 Å². The van der Waals surface area contributed by atoms with Gasteiger partial charge < -0.3 is 15.2 Å². The van der Waals surface area contributed by atoms with Crippen molar-refractivity contribution in [2.75, 3.05) is 18.9 Å². The Kier molecular flexibility index (Phi) is 3.52. The van der Waals surface area contributed by atoms with Gasteiger partial charge in [0.1, 0.15) is 11.3 Å². The molecule has 1 aromatic rings. The minimum atomic E-state index is -0.390. The molecule has 0 amide bonds. The number of hydrogen-bond acceptors (Lipinski definition) is 4. The highest BCUT2D eigenvalue weighted by Crippen LogP contribution is 2.30. The highest BCUT2D eigenvalue weighted by atomic mass is 16.5. The monoisotopic (exact) mass is 235 g/mol. The van der Waals surface area contributed by atoms with Crippen LogP contribution in [-0.2, 0) is 4.74 Å². The largest absolute Gasteiger partial charge is 0.493 e. The molecular weight excluding hydrogens is 218 g/mol. The van der Waals surface area contributed by atoms with Gasteiger partial charge in [-0.05, 0) is 37.8 Å². The van der Waals surface area contributed by atoms with Gasteiger partial charge in [-0.2, -0.15) is 0 Å². The average molecular weight is 235 g/mol. The van der Waals surface area contributed by atoms with E-state index in [1.54, 1.807) is 18.2 Å². The first-order valence-electron chi connectivity index (χ1n) is 5.90. The highest BCUT2D eigenvalue weighted by molar-refractivity contribution is 5.98. The van der Waals surface area contributed by atoms with Gasteiger partial charge in [-0.1, -0.05) is 6.07 Å². The zero-order valence-corrected chi connectivity index (χ0v) is 9.94. The molecule has 2 rings (SSSR count). The number of carbonyl (C=O) groups excluding carboxylic acids is 1. The summed E-state index contributed by atoms with van der Waals surface area (Å²) in [6, 6.07) is 5.17. The summed E-state index contributed by atoms with van der Waals surface area (Å²) in [5.74, 6) is 0.645. The summed E-state index contributed by atoms with van der Waals surface area (Å²) in [7, 11) is 0. The topological polar surface area (TPSA) is 61.5 Å². The van der Waals surface area contributed by atoms with Crippen molar-refractivity contribution in [1.29, 1.82) is 0 Å². The maximum absolute atomic E-state index is 11.9. The van der Waals surface area contributed by atoms with Gasteiger partial charge in [0.15, 0.2) is 0 Å². The fourth-order valence-corrected chi connectivity index (χ4v) is 1.59. The lowest BCUT2D eigenvalue weighted by atomic mass is 10.1. The molecule has 1 saturated carbocycles. The van der Waals surface area contributed by atoms with E-state index >= 15 is 0 Å². The van der Waals surface area contributed by atoms with Gasteiger partial charge in [-0.25, -0.2) is 4.79 Å². The third-order valence-electron chi connectivity index (χ3n) is 2.71. The molecule has 4 heteroatoms. The quantitative estimate of drug-likeness (QED) is 0.628. The molecular formula is C13H17NO3. The van der Waals surface area contributed by atoms with Gasteiger partial charge in [0.2, 0.25) is 0 Å². The Bertz CT molecular complexity index is 413. The van der Waals surface area contributed by atoms with Crippen LogP contribution in [0.25, 0.3) is 0 Å². The second kappa shape index (κ2) is 5.08. The van der Waals surface area contributed by atoms with Crippen LogP contribution in [0.15, 0.2) is 18.2 Å². The molecule has 0 aromatic heterocycles. The summed E-state index contributed by atoms with van der Waals surface area (Å²) >= 11 is 0. The Labute approximate surface area is 101 Å². The first-order chi connectivity index (χ1) is 8.22. The third kappa shape index (κ3) is 2.90. The van der Waals surface area contributed by atoms with Gasteiger partial charge in [0.05, 0.1) is 13.2 Å². The zero-order valence-electron chi connectivity index (χ0n) is 9.94. The van der Waals surface area contributed by atoms with Gasteiger partial charge >= 0.3 is 5.97 Å². The van der Waals surface area contributed by atoms with Crippen LogP contribution in [-0.4, -0.2) is 19.2 Å². The van der Waals surface area contributed by atoms with Gasteiger partial charge in [0.25, 0.3) is 0 Å². The van der Waals surface area contributed by atoms with Crippen LogP contribution in [0.4, 0.5) is 5.69 Å². The van der Waals surface area contributed by atoms with Crippen molar-refractivity contribution < 1.29 is 14.3 Å². The number of rotatable bonds is 5. The average Bonchev–Trinajstić information content (AvgIpc) is 3.10. The van der Waals surface area contributed by atoms with Crippen LogP contribution in [0, 0.1) is 5.92 Å². The van der Waals surface area contributed by atoms with E-state index in [2.05, 4.69) is 0 Å². The molecule has 92 valence electrons. The molecule has 0 heterocycles. The molecule has 2 N–H and O–H groups in total. The summed E-state index contributed by atoms with van der Waals surface area (Å²) < 4.78 is 10.6. The van der Waals surface area contributed by atoms with E-state index in [4.69, 9.17) is 15.2 Å². The minimum Gasteiger partial charge on any atom is -0.493 e. The predicted octanol–water partition coefficient (Wildman–Crippen LogP) is 2.23. The molecule has 0 bridgehead atoms. The molecule has 0 spiro atoms. The van der Waals surface area contributed by atoms with Crippen molar-refractivity contribution in [3.8, 4) is 5.75 Å². The van der Waals surface area contributed by atoms with E-state index in [1.165, 1.54) is 0 Å². The van der Waals surface area contributed by atoms with Crippen LogP contribution in [0.2, 0.25) is 0 Å². The normalized spacial score (nSPS) is 14.4. The lowest BCUT2D eigenvalue weighted by Gasteiger charge is -2.11. The molecule has 0 aliphatic heterocycles. The Morgan fingerprint density at radius 1 is 1.47 bits per heavy atom. The van der Waals surface area contributed by atoms with Crippen molar-refractivity contribution >= 4 is 11.7 Å². The second-order valence-corrected chi connectivity index (χ2v) is 4.20. The third-order valence-corrected chi connectivity index (χ3v) is 2.71. The lowest BCUT2D eigenvalue weighted by Crippen LogP contribution is -2.12. The van der Waals surface area contributed by atoms with E-state index in [0.717, 1.165) is 12.8 Å². The van der Waals surface area contributed by atoms with E-state index in [-0.39, 0.29) is 0 Å². The first kappa shape index (κ1) is 11.8. The van der Waals surface area contributed by atoms with E-state index < -0.39 is 5.97 Å². The van der Waals surface area contributed by atoms with Crippen molar-refractivity contribution in [2.24, 2.45) is 5.92 Å². The number of nitrogen functional groups attached to an aromatic ring is 1. The summed E-state index contributed by atoms with van der Waals surface area (Å²) in [6.45, 7) is 2.84. The molecule has 4 nitrogen and oxygen atoms in total. The molecule has 17 heavy (non-hydrogen) atoms. The van der Waals surface area contributed by atoms with E-state index in [1.807, 2.05) is 6.92 Å². The standard InChI is InChI=1S/C13H17NO3/c1-2-16-11-5-3-4-10(14)12(11)13(15)17-8-9-6-7-9/h3-5,9H,2,6-8,14H2,1H3. The minimum absolute atomic E-state index is 0.343. The first-order valence-corrected chi connectivity index (χ1v) is 5.90. The maximum Gasteiger partial charge on any atom is 0.344 e. The van der Waals surface area contributed by atoms with Gasteiger partial charge in [-0.15, -0.1) is 0 Å². The van der Waals surface area contributed by atoms with Crippen molar-refractivity contribution in [2.45, 2.75) is 19.8 Å². The number of anilines is 1. The number of esters is 1. The maximum atomic E-state index is 11.9. The smallest absolute Gasteiger partial charge is 0.344 e. The SMILES string of the molecule is CCOc1cccc(N)c1C(=O)OCC1CC1. The number of benzene rings is 1. The second-order valence-electron chi connectivity index (χ2n) is 4.20. The Hall–Kier alpha value is -1.71. The number of carbonyl (C=O) groups is 1. The van der Waals surface area contributed by atoms with Crippen LogP contribution in [0.5, 0.6) is 5.75 Å². The zero-order chi connectivity index (χ0) is 12.3. The van der Waals surface area contributed by atoms with Gasteiger partial charge in [0, 0.05) is 5.69 Å².